The monoisotopic (exact) mass is 345 g/mol. The lowest BCUT2D eigenvalue weighted by Crippen LogP contribution is -2.45. The highest BCUT2D eigenvalue weighted by Crippen LogP contribution is 2.48. The van der Waals surface area contributed by atoms with Crippen LogP contribution in [0.3, 0.4) is 0 Å². The molecule has 0 atom stereocenters. The number of nitrogens with zero attached hydrogens (tertiary/aromatic N) is 1. The van der Waals surface area contributed by atoms with E-state index in [4.69, 9.17) is 4.74 Å². The van der Waals surface area contributed by atoms with E-state index in [-0.39, 0.29) is 5.41 Å². The second-order valence-electron chi connectivity index (χ2n) is 7.96. The average Bonchev–Trinajstić information content (AvgIpc) is 3.40. The van der Waals surface area contributed by atoms with E-state index in [0.29, 0.717) is 5.41 Å². The number of rotatable bonds is 9. The van der Waals surface area contributed by atoms with Crippen LogP contribution in [0.5, 0.6) is 0 Å². The summed E-state index contributed by atoms with van der Waals surface area (Å²) in [5.74, 6) is 0.891. The molecule has 1 aromatic rings. The van der Waals surface area contributed by atoms with Gasteiger partial charge in [-0.25, -0.2) is 0 Å². The van der Waals surface area contributed by atoms with Crippen LogP contribution in [-0.4, -0.2) is 39.8 Å². The summed E-state index contributed by atoms with van der Waals surface area (Å²) in [5.41, 5.74) is 3.21. The zero-order chi connectivity index (χ0) is 18.3. The number of hydrogen-bond donors (Lipinski definition) is 2. The van der Waals surface area contributed by atoms with Crippen molar-refractivity contribution in [1.29, 1.82) is 0 Å². The Balaban J connectivity index is 1.84. The van der Waals surface area contributed by atoms with Gasteiger partial charge in [-0.2, -0.15) is 0 Å². The lowest BCUT2D eigenvalue weighted by atomic mass is 9.84. The maximum absolute atomic E-state index is 5.23. The van der Waals surface area contributed by atoms with Crippen molar-refractivity contribution in [2.45, 2.75) is 51.9 Å². The smallest absolute Gasteiger partial charge is 0.191 e. The van der Waals surface area contributed by atoms with Crippen LogP contribution in [0.1, 0.15) is 51.2 Å². The number of ether oxygens (including phenoxy) is 1. The van der Waals surface area contributed by atoms with E-state index in [0.717, 1.165) is 38.5 Å². The van der Waals surface area contributed by atoms with Crippen molar-refractivity contribution < 1.29 is 4.74 Å². The van der Waals surface area contributed by atoms with E-state index in [1.54, 1.807) is 7.11 Å². The Morgan fingerprint density at radius 2 is 1.88 bits per heavy atom. The zero-order valence-corrected chi connectivity index (χ0v) is 16.6. The predicted octanol–water partition coefficient (Wildman–Crippen LogP) is 3.51. The van der Waals surface area contributed by atoms with Crippen molar-refractivity contribution in [3.63, 3.8) is 0 Å². The molecule has 140 valence electrons. The molecule has 0 aromatic heterocycles. The quantitative estimate of drug-likeness (QED) is 0.532. The van der Waals surface area contributed by atoms with Gasteiger partial charge < -0.3 is 15.4 Å². The average molecular weight is 346 g/mol. The normalized spacial score (nSPS) is 16.6. The highest BCUT2D eigenvalue weighted by molar-refractivity contribution is 5.79. The molecule has 1 saturated carbocycles. The number of aryl methyl sites for hydroxylation is 1. The Bertz CT molecular complexity index is 559. The third-order valence-corrected chi connectivity index (χ3v) is 5.49. The van der Waals surface area contributed by atoms with Crippen molar-refractivity contribution in [3.8, 4) is 0 Å². The van der Waals surface area contributed by atoms with Gasteiger partial charge in [-0.15, -0.1) is 0 Å². The van der Waals surface area contributed by atoms with Gasteiger partial charge in [-0.1, -0.05) is 45.0 Å². The minimum atomic E-state index is 0.0528. The van der Waals surface area contributed by atoms with Crippen LogP contribution >= 0.6 is 0 Å². The minimum absolute atomic E-state index is 0.0528. The first-order valence-corrected chi connectivity index (χ1v) is 9.47. The van der Waals surface area contributed by atoms with Gasteiger partial charge in [0, 0.05) is 39.3 Å². The Labute approximate surface area is 153 Å². The SMILES string of the molecule is CCc1ccc(C(C)(C)CNC(=NC)NCC2(CCOC)CC2)cc1. The molecule has 1 aliphatic carbocycles. The van der Waals surface area contributed by atoms with Crippen LogP contribution in [0, 0.1) is 5.41 Å². The highest BCUT2D eigenvalue weighted by atomic mass is 16.5. The molecule has 4 nitrogen and oxygen atoms in total. The van der Waals surface area contributed by atoms with Crippen LogP contribution in [0.25, 0.3) is 0 Å². The first-order valence-electron chi connectivity index (χ1n) is 9.47. The zero-order valence-electron chi connectivity index (χ0n) is 16.6. The minimum Gasteiger partial charge on any atom is -0.385 e. The molecule has 0 saturated heterocycles. The summed E-state index contributed by atoms with van der Waals surface area (Å²) in [7, 11) is 3.62. The molecule has 4 heteroatoms. The summed E-state index contributed by atoms with van der Waals surface area (Å²) in [5, 5.41) is 7.01. The van der Waals surface area contributed by atoms with Gasteiger partial charge >= 0.3 is 0 Å². The molecule has 2 N–H and O–H groups in total. The molecule has 0 heterocycles. The molecule has 1 fully saturated rings. The highest BCUT2D eigenvalue weighted by Gasteiger charge is 2.41. The van der Waals surface area contributed by atoms with Crippen molar-refractivity contribution >= 4 is 5.96 Å². The molecular weight excluding hydrogens is 310 g/mol. The summed E-state index contributed by atoms with van der Waals surface area (Å²) < 4.78 is 5.23. The van der Waals surface area contributed by atoms with Gasteiger partial charge in [-0.05, 0) is 42.2 Å². The Kier molecular flexibility index (Phi) is 6.88. The molecule has 0 radical (unpaired) electrons. The lowest BCUT2D eigenvalue weighted by molar-refractivity contribution is 0.172. The first kappa shape index (κ1) is 19.8. The van der Waals surface area contributed by atoms with Gasteiger partial charge in [0.25, 0.3) is 0 Å². The van der Waals surface area contributed by atoms with Crippen molar-refractivity contribution in [1.82, 2.24) is 10.6 Å². The summed E-state index contributed by atoms with van der Waals surface area (Å²) in [6.45, 7) is 9.40. The van der Waals surface area contributed by atoms with Gasteiger partial charge in [0.15, 0.2) is 5.96 Å². The second-order valence-corrected chi connectivity index (χ2v) is 7.96. The number of nitrogens with one attached hydrogen (secondary N) is 2. The van der Waals surface area contributed by atoms with Crippen molar-refractivity contribution in [2.75, 3.05) is 33.9 Å². The molecular formula is C21H35N3O. The van der Waals surface area contributed by atoms with Gasteiger partial charge in [-0.3, -0.25) is 4.99 Å². The Hall–Kier alpha value is -1.55. The van der Waals surface area contributed by atoms with E-state index in [2.05, 4.69) is 60.7 Å². The third-order valence-electron chi connectivity index (χ3n) is 5.49. The summed E-state index contributed by atoms with van der Waals surface area (Å²) >= 11 is 0. The maximum Gasteiger partial charge on any atom is 0.191 e. The number of aliphatic imine (C=N–C) groups is 1. The summed E-state index contributed by atoms with van der Waals surface area (Å²) in [6.07, 6.45) is 4.79. The van der Waals surface area contributed by atoms with Crippen LogP contribution in [-0.2, 0) is 16.6 Å². The standard InChI is InChI=1S/C21H35N3O/c1-6-17-7-9-18(10-8-17)20(2,3)15-23-19(22-4)24-16-21(11-12-21)13-14-25-5/h7-10H,6,11-16H2,1-5H3,(H2,22,23,24). The van der Waals surface area contributed by atoms with E-state index in [1.165, 1.54) is 24.0 Å². The lowest BCUT2D eigenvalue weighted by Gasteiger charge is -2.27. The topological polar surface area (TPSA) is 45.7 Å². The van der Waals surface area contributed by atoms with Gasteiger partial charge in [0.05, 0.1) is 0 Å². The molecule has 0 amide bonds. The first-order chi connectivity index (χ1) is 11.9. The molecule has 0 unspecified atom stereocenters. The van der Waals surface area contributed by atoms with Gasteiger partial charge in [0.2, 0.25) is 0 Å². The van der Waals surface area contributed by atoms with E-state index >= 15 is 0 Å². The molecule has 1 aliphatic rings. The second kappa shape index (κ2) is 8.70. The number of hydrogen-bond acceptors (Lipinski definition) is 2. The van der Waals surface area contributed by atoms with E-state index in [1.807, 2.05) is 7.05 Å². The van der Waals surface area contributed by atoms with Gasteiger partial charge in [0.1, 0.15) is 0 Å². The molecule has 0 bridgehead atoms. The summed E-state index contributed by atoms with van der Waals surface area (Å²) in [4.78, 5) is 4.39. The molecule has 0 aliphatic heterocycles. The fraction of sp³-hybridized carbons (Fsp3) is 0.667. The predicted molar refractivity (Wildman–Crippen MR) is 106 cm³/mol. The van der Waals surface area contributed by atoms with E-state index in [9.17, 15) is 0 Å². The molecule has 1 aromatic carbocycles. The van der Waals surface area contributed by atoms with E-state index < -0.39 is 0 Å². The summed E-state index contributed by atoms with van der Waals surface area (Å²) in [6, 6.07) is 8.97. The number of methoxy groups -OCH3 is 1. The Morgan fingerprint density at radius 3 is 2.40 bits per heavy atom. The largest absolute Gasteiger partial charge is 0.385 e. The van der Waals surface area contributed by atoms with Crippen molar-refractivity contribution in [2.24, 2.45) is 10.4 Å². The van der Waals surface area contributed by atoms with Crippen LogP contribution in [0.4, 0.5) is 0 Å². The number of guanidine groups is 1. The fourth-order valence-electron chi connectivity index (χ4n) is 3.10. The number of benzene rings is 1. The maximum atomic E-state index is 5.23. The third kappa shape index (κ3) is 5.74. The Morgan fingerprint density at radius 1 is 1.20 bits per heavy atom. The van der Waals surface area contributed by atoms with Crippen LogP contribution < -0.4 is 10.6 Å². The fourth-order valence-corrected chi connectivity index (χ4v) is 3.10. The van der Waals surface area contributed by atoms with Crippen LogP contribution in [0.15, 0.2) is 29.3 Å². The van der Waals surface area contributed by atoms with Crippen molar-refractivity contribution in [3.05, 3.63) is 35.4 Å². The molecule has 0 spiro atoms. The molecule has 25 heavy (non-hydrogen) atoms. The van der Waals surface area contributed by atoms with Crippen LogP contribution in [0.2, 0.25) is 0 Å². The molecule has 2 rings (SSSR count).